The smallest absolute Gasteiger partial charge is 0.281 e. The van der Waals surface area contributed by atoms with E-state index in [9.17, 15) is 4.79 Å². The SMILES string of the molecule is [C-]#[N+]C([N+]#[C-])C(=O)CC. The molecule has 3 nitrogen and oxygen atoms in total. The highest BCUT2D eigenvalue weighted by atomic mass is 16.1. The highest BCUT2D eigenvalue weighted by Crippen LogP contribution is 1.96. The first-order valence-corrected chi connectivity index (χ1v) is 2.52. The van der Waals surface area contributed by atoms with Crippen molar-refractivity contribution in [3.63, 3.8) is 0 Å². The van der Waals surface area contributed by atoms with Crippen molar-refractivity contribution in [1.29, 1.82) is 0 Å². The van der Waals surface area contributed by atoms with Crippen LogP contribution < -0.4 is 0 Å². The maximum Gasteiger partial charge on any atom is 0.535 e. The molecule has 46 valence electrons. The molecule has 0 aliphatic rings. The largest absolute Gasteiger partial charge is 0.535 e. The maximum absolute atomic E-state index is 10.5. The van der Waals surface area contributed by atoms with E-state index in [1.165, 1.54) is 0 Å². The Morgan fingerprint density at radius 2 is 2.00 bits per heavy atom. The van der Waals surface area contributed by atoms with Crippen molar-refractivity contribution in [3.8, 4) is 0 Å². The number of carbonyl (C=O) groups excluding carboxylic acids is 1. The van der Waals surface area contributed by atoms with E-state index in [1.54, 1.807) is 6.92 Å². The van der Waals surface area contributed by atoms with Crippen LogP contribution in [-0.4, -0.2) is 11.9 Å². The van der Waals surface area contributed by atoms with Gasteiger partial charge >= 0.3 is 11.9 Å². The summed E-state index contributed by atoms with van der Waals surface area (Å²) in [7, 11) is 0. The molecule has 0 aliphatic carbocycles. The summed E-state index contributed by atoms with van der Waals surface area (Å²) in [6.45, 7) is 14.4. The molecule has 0 saturated heterocycles. The fourth-order valence-electron chi connectivity index (χ4n) is 0.355. The molecule has 0 rings (SSSR count). The molecule has 0 aliphatic heterocycles. The van der Waals surface area contributed by atoms with Crippen LogP contribution in [0.25, 0.3) is 9.69 Å². The minimum atomic E-state index is -1.09. The lowest BCUT2D eigenvalue weighted by Gasteiger charge is -1.84. The zero-order valence-corrected chi connectivity index (χ0v) is 5.09. The van der Waals surface area contributed by atoms with Crippen LogP contribution in [0.5, 0.6) is 0 Å². The quantitative estimate of drug-likeness (QED) is 0.504. The summed E-state index contributed by atoms with van der Waals surface area (Å²) in [5.41, 5.74) is 0. The molecule has 0 aromatic carbocycles. The highest BCUT2D eigenvalue weighted by Gasteiger charge is 2.24. The highest BCUT2D eigenvalue weighted by molar-refractivity contribution is 5.86. The van der Waals surface area contributed by atoms with Gasteiger partial charge in [-0.25, -0.2) is 22.8 Å². The van der Waals surface area contributed by atoms with Crippen molar-refractivity contribution in [2.75, 3.05) is 0 Å². The van der Waals surface area contributed by atoms with Gasteiger partial charge in [0.25, 0.3) is 0 Å². The summed E-state index contributed by atoms with van der Waals surface area (Å²) in [6, 6.07) is 0. The average Bonchev–Trinajstić information content (AvgIpc) is 1.90. The fraction of sp³-hybridized carbons (Fsp3) is 0.500. The Morgan fingerprint density at radius 1 is 1.56 bits per heavy atom. The zero-order chi connectivity index (χ0) is 7.28. The molecule has 0 radical (unpaired) electrons. The third kappa shape index (κ3) is 1.92. The number of hydrogen-bond donors (Lipinski definition) is 0. The summed E-state index contributed by atoms with van der Waals surface area (Å²) in [5.74, 6) is -0.292. The van der Waals surface area contributed by atoms with Gasteiger partial charge in [0, 0.05) is 6.42 Å². The molecule has 0 heterocycles. The molecule has 0 N–H and O–H groups in total. The average molecular weight is 122 g/mol. The number of nitrogens with zero attached hydrogens (tertiary/aromatic N) is 2. The second-order valence-electron chi connectivity index (χ2n) is 1.45. The number of carbonyl (C=O) groups is 1. The summed E-state index contributed by atoms with van der Waals surface area (Å²) in [5, 5.41) is 0. The van der Waals surface area contributed by atoms with Crippen LogP contribution in [-0.2, 0) is 4.79 Å². The van der Waals surface area contributed by atoms with Gasteiger partial charge < -0.3 is 0 Å². The monoisotopic (exact) mass is 122 g/mol. The van der Waals surface area contributed by atoms with Crippen molar-refractivity contribution in [2.45, 2.75) is 19.5 Å². The van der Waals surface area contributed by atoms with Crippen LogP contribution in [0, 0.1) is 13.1 Å². The third-order valence-electron chi connectivity index (χ3n) is 0.881. The number of ketones is 1. The molecule has 0 atom stereocenters. The van der Waals surface area contributed by atoms with E-state index in [1.807, 2.05) is 0 Å². The molecular formula is C6H6N2O. The lowest BCUT2D eigenvalue weighted by Crippen LogP contribution is -2.10. The molecule has 0 fully saturated rings. The van der Waals surface area contributed by atoms with Gasteiger partial charge in [-0.2, -0.15) is 0 Å². The summed E-state index contributed by atoms with van der Waals surface area (Å²) in [4.78, 5) is 16.2. The minimum Gasteiger partial charge on any atom is -0.281 e. The molecule has 9 heavy (non-hydrogen) atoms. The van der Waals surface area contributed by atoms with Crippen molar-refractivity contribution < 1.29 is 4.79 Å². The molecule has 0 unspecified atom stereocenters. The Balaban J connectivity index is 4.05. The van der Waals surface area contributed by atoms with E-state index < -0.39 is 6.17 Å². The summed E-state index contributed by atoms with van der Waals surface area (Å²) in [6.07, 6.45) is -0.815. The lowest BCUT2D eigenvalue weighted by atomic mass is 10.3. The van der Waals surface area contributed by atoms with Gasteiger partial charge in [-0.05, 0) is 0 Å². The van der Waals surface area contributed by atoms with Crippen LogP contribution >= 0.6 is 0 Å². The standard InChI is InChI=1S/C6H6N2O/c1-4-5(9)6(7-2)8-3/h6H,4H2,1H3. The van der Waals surface area contributed by atoms with Gasteiger partial charge in [0.2, 0.25) is 0 Å². The van der Waals surface area contributed by atoms with Crippen LogP contribution in [0.2, 0.25) is 0 Å². The first-order valence-electron chi connectivity index (χ1n) is 2.52. The van der Waals surface area contributed by atoms with E-state index in [-0.39, 0.29) is 12.2 Å². The second-order valence-corrected chi connectivity index (χ2v) is 1.45. The van der Waals surface area contributed by atoms with Crippen molar-refractivity contribution in [2.24, 2.45) is 0 Å². The van der Waals surface area contributed by atoms with Crippen molar-refractivity contribution in [3.05, 3.63) is 22.8 Å². The predicted octanol–water partition coefficient (Wildman–Crippen LogP) is 1.13. The van der Waals surface area contributed by atoms with Gasteiger partial charge in [0.1, 0.15) is 0 Å². The van der Waals surface area contributed by atoms with Gasteiger partial charge in [-0.3, -0.25) is 4.79 Å². The Morgan fingerprint density at radius 3 is 2.11 bits per heavy atom. The first-order chi connectivity index (χ1) is 4.26. The maximum atomic E-state index is 10.5. The molecule has 0 spiro atoms. The molecule has 0 amide bonds. The van der Waals surface area contributed by atoms with E-state index >= 15 is 0 Å². The van der Waals surface area contributed by atoms with Crippen molar-refractivity contribution in [1.82, 2.24) is 0 Å². The van der Waals surface area contributed by atoms with Gasteiger partial charge in [0.05, 0.1) is 0 Å². The first kappa shape index (κ1) is 7.65. The van der Waals surface area contributed by atoms with Crippen LogP contribution in [0.3, 0.4) is 0 Å². The molecule has 3 heteroatoms. The predicted molar refractivity (Wildman–Crippen MR) is 32.3 cm³/mol. The number of Topliss-reactive ketones (excluding diaryl/α,β-unsaturated/α-hetero) is 1. The zero-order valence-electron chi connectivity index (χ0n) is 5.09. The third-order valence-corrected chi connectivity index (χ3v) is 0.881. The van der Waals surface area contributed by atoms with Crippen molar-refractivity contribution >= 4 is 5.78 Å². The lowest BCUT2D eigenvalue weighted by molar-refractivity contribution is -0.118. The van der Waals surface area contributed by atoms with E-state index in [0.29, 0.717) is 0 Å². The fourth-order valence-corrected chi connectivity index (χ4v) is 0.355. The van der Waals surface area contributed by atoms with Crippen LogP contribution in [0.4, 0.5) is 0 Å². The van der Waals surface area contributed by atoms with E-state index in [2.05, 4.69) is 9.69 Å². The Bertz CT molecular complexity index is 170. The van der Waals surface area contributed by atoms with E-state index in [4.69, 9.17) is 13.1 Å². The van der Waals surface area contributed by atoms with Crippen LogP contribution in [0.1, 0.15) is 13.3 Å². The second kappa shape index (κ2) is 3.63. The Hall–Kier alpha value is -1.35. The minimum absolute atomic E-state index is 0.273. The normalized spacial score (nSPS) is 8.00. The summed E-state index contributed by atoms with van der Waals surface area (Å²) < 4.78 is 0. The van der Waals surface area contributed by atoms with E-state index in [0.717, 1.165) is 0 Å². The van der Waals surface area contributed by atoms with Gasteiger partial charge in [0.15, 0.2) is 0 Å². The molecule has 0 saturated carbocycles. The molecular weight excluding hydrogens is 116 g/mol. The van der Waals surface area contributed by atoms with Gasteiger partial charge in [-0.15, -0.1) is 0 Å². The molecule has 0 aromatic rings. The van der Waals surface area contributed by atoms with Gasteiger partial charge in [-0.1, -0.05) is 6.92 Å². The topological polar surface area (TPSA) is 25.8 Å². The number of hydrogen-bond acceptors (Lipinski definition) is 1. The summed E-state index contributed by atoms with van der Waals surface area (Å²) >= 11 is 0. The molecule has 0 bridgehead atoms. The molecule has 0 aromatic heterocycles. The number of rotatable bonds is 2. The van der Waals surface area contributed by atoms with Crippen LogP contribution in [0.15, 0.2) is 0 Å². The Kier molecular flexibility index (Phi) is 3.08. The Labute approximate surface area is 53.9 Å².